The molecule has 8 heteroatoms. The van der Waals surface area contributed by atoms with Crippen LogP contribution in [0, 0.1) is 5.82 Å². The third-order valence-corrected chi connectivity index (χ3v) is 6.78. The van der Waals surface area contributed by atoms with Crippen molar-refractivity contribution in [2.24, 2.45) is 0 Å². The predicted octanol–water partition coefficient (Wildman–Crippen LogP) is 4.34. The molecule has 0 saturated carbocycles. The minimum atomic E-state index is -3.55. The maximum atomic E-state index is 13.4. The van der Waals surface area contributed by atoms with Crippen LogP contribution < -0.4 is 4.90 Å². The number of sulfone groups is 1. The molecule has 1 saturated heterocycles. The van der Waals surface area contributed by atoms with Crippen LogP contribution in [0.1, 0.15) is 6.92 Å². The number of halogens is 3. The number of benzene rings is 2. The van der Waals surface area contributed by atoms with Gasteiger partial charge in [-0.25, -0.2) is 12.8 Å². The molecule has 2 aromatic rings. The molecule has 146 valence electrons. The van der Waals surface area contributed by atoms with Gasteiger partial charge in [0.25, 0.3) is 0 Å². The first kappa shape index (κ1) is 20.4. The number of rotatable bonds is 4. The second-order valence-corrected chi connectivity index (χ2v) is 9.39. The molecule has 0 radical (unpaired) electrons. The third kappa shape index (κ3) is 4.40. The van der Waals surface area contributed by atoms with Crippen molar-refractivity contribution in [3.05, 3.63) is 46.2 Å². The van der Waals surface area contributed by atoms with Crippen LogP contribution >= 0.6 is 23.2 Å². The molecular formula is C19H21Cl2FN2O2S. The molecule has 4 nitrogen and oxygen atoms in total. The van der Waals surface area contributed by atoms with E-state index in [1.54, 1.807) is 6.07 Å². The lowest BCUT2D eigenvalue weighted by molar-refractivity contribution is 0.271. The zero-order valence-electron chi connectivity index (χ0n) is 15.2. The van der Waals surface area contributed by atoms with E-state index in [1.165, 1.54) is 18.2 Å². The summed E-state index contributed by atoms with van der Waals surface area (Å²) in [6, 6.07) is 7.44. The van der Waals surface area contributed by atoms with E-state index in [4.69, 9.17) is 23.2 Å². The van der Waals surface area contributed by atoms with Gasteiger partial charge < -0.3 is 9.80 Å². The number of hydrogen-bond acceptors (Lipinski definition) is 4. The van der Waals surface area contributed by atoms with E-state index in [1.807, 2.05) is 6.07 Å². The Morgan fingerprint density at radius 3 is 2.26 bits per heavy atom. The molecule has 0 spiro atoms. The number of nitrogens with zero attached hydrogens (tertiary/aromatic N) is 2. The maximum absolute atomic E-state index is 13.4. The van der Waals surface area contributed by atoms with Crippen LogP contribution in [0.2, 0.25) is 10.0 Å². The van der Waals surface area contributed by atoms with E-state index in [-0.39, 0.29) is 14.9 Å². The van der Waals surface area contributed by atoms with Gasteiger partial charge in [-0.05, 0) is 36.9 Å². The van der Waals surface area contributed by atoms with Crippen molar-refractivity contribution in [2.45, 2.75) is 11.8 Å². The van der Waals surface area contributed by atoms with Crippen molar-refractivity contribution in [3.8, 4) is 11.1 Å². The van der Waals surface area contributed by atoms with Crippen LogP contribution in [0.3, 0.4) is 0 Å². The minimum absolute atomic E-state index is 0.0509. The average Bonchev–Trinajstić information content (AvgIpc) is 2.61. The zero-order chi connectivity index (χ0) is 19.8. The lowest BCUT2D eigenvalue weighted by atomic mass is 10.0. The highest BCUT2D eigenvalue weighted by molar-refractivity contribution is 7.90. The van der Waals surface area contributed by atoms with Gasteiger partial charge in [-0.15, -0.1) is 0 Å². The largest absolute Gasteiger partial charge is 0.369 e. The van der Waals surface area contributed by atoms with Gasteiger partial charge in [-0.2, -0.15) is 0 Å². The van der Waals surface area contributed by atoms with Gasteiger partial charge in [-0.1, -0.05) is 30.1 Å². The Hall–Kier alpha value is -1.34. The molecule has 0 atom stereocenters. The van der Waals surface area contributed by atoms with Gasteiger partial charge in [0.15, 0.2) is 9.84 Å². The summed E-state index contributed by atoms with van der Waals surface area (Å²) in [5, 5.41) is 0.284. The van der Waals surface area contributed by atoms with Crippen molar-refractivity contribution in [1.82, 2.24) is 4.90 Å². The first-order chi connectivity index (χ1) is 12.7. The van der Waals surface area contributed by atoms with Gasteiger partial charge in [-0.3, -0.25) is 0 Å². The van der Waals surface area contributed by atoms with Crippen molar-refractivity contribution < 1.29 is 12.8 Å². The number of hydrogen-bond donors (Lipinski definition) is 0. The lowest BCUT2D eigenvalue weighted by Crippen LogP contribution is -2.46. The van der Waals surface area contributed by atoms with E-state index >= 15 is 0 Å². The summed E-state index contributed by atoms with van der Waals surface area (Å²) < 4.78 is 38.1. The Morgan fingerprint density at radius 1 is 1.04 bits per heavy atom. The summed E-state index contributed by atoms with van der Waals surface area (Å²) in [5.41, 5.74) is 1.76. The van der Waals surface area contributed by atoms with E-state index in [0.717, 1.165) is 44.7 Å². The normalized spacial score (nSPS) is 16.0. The average molecular weight is 431 g/mol. The highest BCUT2D eigenvalue weighted by Crippen LogP contribution is 2.40. The maximum Gasteiger partial charge on any atom is 0.177 e. The molecule has 0 aromatic heterocycles. The summed E-state index contributed by atoms with van der Waals surface area (Å²) in [7, 11) is -3.55. The molecular weight excluding hydrogens is 410 g/mol. The van der Waals surface area contributed by atoms with E-state index < -0.39 is 15.7 Å². The molecule has 0 unspecified atom stereocenters. The predicted molar refractivity (Wildman–Crippen MR) is 109 cm³/mol. The Balaban J connectivity index is 2.13. The van der Waals surface area contributed by atoms with Crippen LogP contribution in [0.25, 0.3) is 11.1 Å². The molecule has 1 aliphatic heterocycles. The second kappa shape index (κ2) is 7.95. The molecule has 0 bridgehead atoms. The fourth-order valence-electron chi connectivity index (χ4n) is 3.26. The number of anilines is 1. The summed E-state index contributed by atoms with van der Waals surface area (Å²) in [6.45, 7) is 6.48. The van der Waals surface area contributed by atoms with Crippen LogP contribution in [-0.4, -0.2) is 52.3 Å². The third-order valence-electron chi connectivity index (χ3n) is 4.83. The topological polar surface area (TPSA) is 40.6 Å². The van der Waals surface area contributed by atoms with E-state index in [0.29, 0.717) is 11.1 Å². The smallest absolute Gasteiger partial charge is 0.177 e. The van der Waals surface area contributed by atoms with E-state index in [9.17, 15) is 12.8 Å². The molecule has 2 aromatic carbocycles. The Kier molecular flexibility index (Phi) is 6.01. The van der Waals surface area contributed by atoms with Crippen molar-refractivity contribution in [1.29, 1.82) is 0 Å². The molecule has 0 amide bonds. The second-order valence-electron chi connectivity index (χ2n) is 6.62. The molecule has 1 fully saturated rings. The quantitative estimate of drug-likeness (QED) is 0.722. The summed E-state index contributed by atoms with van der Waals surface area (Å²) >= 11 is 12.6. The first-order valence-corrected chi connectivity index (χ1v) is 11.3. The van der Waals surface area contributed by atoms with Gasteiger partial charge in [0, 0.05) is 49.2 Å². The zero-order valence-corrected chi connectivity index (χ0v) is 17.5. The molecule has 1 heterocycles. The SMILES string of the molecule is CCN1CCN(c2cc(-c3ccc(F)cc3Cl)c(Cl)c(S(C)(=O)=O)c2)CC1. The monoisotopic (exact) mass is 430 g/mol. The first-order valence-electron chi connectivity index (χ1n) is 8.67. The fraction of sp³-hybridized carbons (Fsp3) is 0.368. The lowest BCUT2D eigenvalue weighted by Gasteiger charge is -2.36. The Morgan fingerprint density at radius 2 is 1.70 bits per heavy atom. The van der Waals surface area contributed by atoms with Crippen LogP contribution in [0.5, 0.6) is 0 Å². The molecule has 27 heavy (non-hydrogen) atoms. The Labute approximate surface area is 169 Å². The number of piperazine rings is 1. The van der Waals surface area contributed by atoms with Crippen LogP contribution in [-0.2, 0) is 9.84 Å². The van der Waals surface area contributed by atoms with Gasteiger partial charge in [0.2, 0.25) is 0 Å². The van der Waals surface area contributed by atoms with Gasteiger partial charge in [0.1, 0.15) is 5.82 Å². The van der Waals surface area contributed by atoms with Crippen LogP contribution in [0.4, 0.5) is 10.1 Å². The van der Waals surface area contributed by atoms with Crippen LogP contribution in [0.15, 0.2) is 35.2 Å². The van der Waals surface area contributed by atoms with Crippen molar-refractivity contribution >= 4 is 38.7 Å². The van der Waals surface area contributed by atoms with Crippen molar-refractivity contribution in [3.63, 3.8) is 0 Å². The van der Waals surface area contributed by atoms with Crippen molar-refractivity contribution in [2.75, 3.05) is 43.9 Å². The standard InChI is InChI=1S/C19H21Cl2FN2O2S/c1-3-23-6-8-24(9-7-23)14-11-16(15-5-4-13(22)10-17(15)20)19(21)18(12-14)27(2,25)26/h4-5,10-12H,3,6-9H2,1-2H3. The summed E-state index contributed by atoms with van der Waals surface area (Å²) in [6.07, 6.45) is 1.13. The molecule has 3 rings (SSSR count). The van der Waals surface area contributed by atoms with Gasteiger partial charge >= 0.3 is 0 Å². The minimum Gasteiger partial charge on any atom is -0.369 e. The molecule has 0 N–H and O–H groups in total. The highest BCUT2D eigenvalue weighted by Gasteiger charge is 2.23. The Bertz CT molecular complexity index is 958. The number of likely N-dealkylation sites (N-methyl/N-ethyl adjacent to an activating group) is 1. The summed E-state index contributed by atoms with van der Waals surface area (Å²) in [4.78, 5) is 4.52. The fourth-order valence-corrected chi connectivity index (χ4v) is 4.93. The highest BCUT2D eigenvalue weighted by atomic mass is 35.5. The molecule has 0 aliphatic carbocycles. The summed E-state index contributed by atoms with van der Waals surface area (Å²) in [5.74, 6) is -0.463. The van der Waals surface area contributed by atoms with E-state index in [2.05, 4.69) is 16.7 Å². The molecule has 1 aliphatic rings. The van der Waals surface area contributed by atoms with Gasteiger partial charge in [0.05, 0.1) is 14.9 Å².